The zero-order valence-corrected chi connectivity index (χ0v) is 13.4. The summed E-state index contributed by atoms with van der Waals surface area (Å²) in [6, 6.07) is 13.1. The SMILES string of the molecule is O=C(CCC1CCNC1)Nc1ccccc1Oc1cccc(F)c1. The third kappa shape index (κ3) is 4.55. The van der Waals surface area contributed by atoms with Crippen molar-refractivity contribution in [3.05, 3.63) is 54.3 Å². The number of carbonyl (C=O) groups is 1. The van der Waals surface area contributed by atoms with E-state index in [1.807, 2.05) is 12.1 Å². The molecule has 1 aliphatic rings. The topological polar surface area (TPSA) is 50.4 Å². The molecule has 126 valence electrons. The van der Waals surface area contributed by atoms with Crippen LogP contribution in [0, 0.1) is 11.7 Å². The molecule has 2 N–H and O–H groups in total. The van der Waals surface area contributed by atoms with E-state index >= 15 is 0 Å². The highest BCUT2D eigenvalue weighted by Gasteiger charge is 2.16. The third-order valence-electron chi connectivity index (χ3n) is 4.13. The van der Waals surface area contributed by atoms with Crippen LogP contribution in [-0.4, -0.2) is 19.0 Å². The smallest absolute Gasteiger partial charge is 0.224 e. The van der Waals surface area contributed by atoms with Crippen LogP contribution in [-0.2, 0) is 4.79 Å². The second kappa shape index (κ2) is 7.93. The summed E-state index contributed by atoms with van der Waals surface area (Å²) in [5.74, 6) is 1.08. The fourth-order valence-corrected chi connectivity index (χ4v) is 2.83. The highest BCUT2D eigenvalue weighted by atomic mass is 19.1. The molecule has 0 saturated carbocycles. The number of carbonyl (C=O) groups excluding carboxylic acids is 1. The van der Waals surface area contributed by atoms with Crippen LogP contribution in [0.25, 0.3) is 0 Å². The number of anilines is 1. The Bertz CT molecular complexity index is 699. The van der Waals surface area contributed by atoms with Gasteiger partial charge in [0.05, 0.1) is 5.69 Å². The molecule has 1 heterocycles. The van der Waals surface area contributed by atoms with E-state index in [-0.39, 0.29) is 11.7 Å². The van der Waals surface area contributed by atoms with Crippen LogP contribution in [0.2, 0.25) is 0 Å². The standard InChI is InChI=1S/C19H21FN2O2/c20-15-4-3-5-16(12-15)24-18-7-2-1-6-17(18)22-19(23)9-8-14-10-11-21-13-14/h1-7,12,14,21H,8-11,13H2,(H,22,23). The second-order valence-corrected chi connectivity index (χ2v) is 6.00. The zero-order chi connectivity index (χ0) is 16.8. The van der Waals surface area contributed by atoms with Crippen LogP contribution in [0.1, 0.15) is 19.3 Å². The van der Waals surface area contributed by atoms with Crippen LogP contribution >= 0.6 is 0 Å². The van der Waals surface area contributed by atoms with Crippen molar-refractivity contribution in [1.29, 1.82) is 0 Å². The number of hydrogen-bond acceptors (Lipinski definition) is 3. The van der Waals surface area contributed by atoms with Crippen LogP contribution in [0.3, 0.4) is 0 Å². The largest absolute Gasteiger partial charge is 0.455 e. The van der Waals surface area contributed by atoms with Gasteiger partial charge in [0.15, 0.2) is 5.75 Å². The van der Waals surface area contributed by atoms with Gasteiger partial charge in [-0.05, 0) is 56.1 Å². The summed E-state index contributed by atoms with van der Waals surface area (Å²) in [6.45, 7) is 2.03. The summed E-state index contributed by atoms with van der Waals surface area (Å²) in [4.78, 5) is 12.2. The van der Waals surface area contributed by atoms with Gasteiger partial charge in [0.25, 0.3) is 0 Å². The van der Waals surface area contributed by atoms with Crippen molar-refractivity contribution >= 4 is 11.6 Å². The lowest BCUT2D eigenvalue weighted by Crippen LogP contribution is -2.15. The Labute approximate surface area is 141 Å². The Morgan fingerprint density at radius 1 is 1.25 bits per heavy atom. The molecular formula is C19H21FN2O2. The van der Waals surface area contributed by atoms with Crippen molar-refractivity contribution in [3.63, 3.8) is 0 Å². The lowest BCUT2D eigenvalue weighted by Gasteiger charge is -2.13. The van der Waals surface area contributed by atoms with Crippen LogP contribution in [0.4, 0.5) is 10.1 Å². The predicted molar refractivity (Wildman–Crippen MR) is 91.8 cm³/mol. The Balaban J connectivity index is 1.61. The van der Waals surface area contributed by atoms with Gasteiger partial charge in [-0.25, -0.2) is 4.39 Å². The van der Waals surface area contributed by atoms with Crippen molar-refractivity contribution in [2.75, 3.05) is 18.4 Å². The van der Waals surface area contributed by atoms with Gasteiger partial charge in [0, 0.05) is 12.5 Å². The van der Waals surface area contributed by atoms with Crippen molar-refractivity contribution in [2.24, 2.45) is 5.92 Å². The number of rotatable bonds is 6. The van der Waals surface area contributed by atoms with Crippen molar-refractivity contribution in [3.8, 4) is 11.5 Å². The summed E-state index contributed by atoms with van der Waals surface area (Å²) >= 11 is 0. The number of halogens is 1. The van der Waals surface area contributed by atoms with Crippen LogP contribution < -0.4 is 15.4 Å². The molecule has 5 heteroatoms. The molecule has 0 radical (unpaired) electrons. The Hall–Kier alpha value is -2.40. The minimum absolute atomic E-state index is 0.0304. The van der Waals surface area contributed by atoms with Gasteiger partial charge in [0.1, 0.15) is 11.6 Å². The van der Waals surface area contributed by atoms with E-state index < -0.39 is 0 Å². The summed E-state index contributed by atoms with van der Waals surface area (Å²) in [7, 11) is 0. The number of hydrogen-bond donors (Lipinski definition) is 2. The van der Waals surface area contributed by atoms with E-state index in [9.17, 15) is 9.18 Å². The minimum atomic E-state index is -0.362. The summed E-state index contributed by atoms with van der Waals surface area (Å²) in [5.41, 5.74) is 0.594. The molecule has 1 aliphatic heterocycles. The van der Waals surface area contributed by atoms with E-state index in [0.717, 1.165) is 25.9 Å². The van der Waals surface area contributed by atoms with E-state index in [1.54, 1.807) is 24.3 Å². The normalized spacial score (nSPS) is 16.8. The highest BCUT2D eigenvalue weighted by Crippen LogP contribution is 2.29. The highest BCUT2D eigenvalue weighted by molar-refractivity contribution is 5.92. The molecule has 24 heavy (non-hydrogen) atoms. The average molecular weight is 328 g/mol. The number of ether oxygens (including phenoxy) is 1. The number of benzene rings is 2. The molecule has 2 aromatic rings. The van der Waals surface area contributed by atoms with Gasteiger partial charge >= 0.3 is 0 Å². The maximum absolute atomic E-state index is 13.3. The second-order valence-electron chi connectivity index (χ2n) is 6.00. The molecule has 2 aromatic carbocycles. The molecule has 0 spiro atoms. The monoisotopic (exact) mass is 328 g/mol. The summed E-state index contributed by atoms with van der Waals surface area (Å²) in [5, 5.41) is 6.20. The quantitative estimate of drug-likeness (QED) is 0.844. The van der Waals surface area contributed by atoms with Gasteiger partial charge in [0.2, 0.25) is 5.91 Å². The first-order chi connectivity index (χ1) is 11.7. The first-order valence-electron chi connectivity index (χ1n) is 8.24. The molecular weight excluding hydrogens is 307 g/mol. The van der Waals surface area contributed by atoms with E-state index in [1.165, 1.54) is 12.1 Å². The molecule has 1 saturated heterocycles. The number of nitrogens with one attached hydrogen (secondary N) is 2. The minimum Gasteiger partial charge on any atom is -0.455 e. The molecule has 0 bridgehead atoms. The average Bonchev–Trinajstić information content (AvgIpc) is 3.08. The van der Waals surface area contributed by atoms with Crippen molar-refractivity contribution in [2.45, 2.75) is 19.3 Å². The predicted octanol–water partition coefficient (Wildman–Crippen LogP) is 3.95. The molecule has 3 rings (SSSR count). The van der Waals surface area contributed by atoms with E-state index in [0.29, 0.717) is 29.5 Å². The lowest BCUT2D eigenvalue weighted by atomic mass is 10.0. The van der Waals surface area contributed by atoms with Crippen LogP contribution in [0.5, 0.6) is 11.5 Å². The van der Waals surface area contributed by atoms with Gasteiger partial charge < -0.3 is 15.4 Å². The zero-order valence-electron chi connectivity index (χ0n) is 13.4. The van der Waals surface area contributed by atoms with Crippen LogP contribution in [0.15, 0.2) is 48.5 Å². The Kier molecular flexibility index (Phi) is 5.43. The number of para-hydroxylation sites is 2. The first kappa shape index (κ1) is 16.5. The fraction of sp³-hybridized carbons (Fsp3) is 0.316. The summed E-state index contributed by atoms with van der Waals surface area (Å²) < 4.78 is 19.0. The Morgan fingerprint density at radius 3 is 2.92 bits per heavy atom. The first-order valence-corrected chi connectivity index (χ1v) is 8.24. The van der Waals surface area contributed by atoms with Gasteiger partial charge in [-0.2, -0.15) is 0 Å². The molecule has 1 unspecified atom stereocenters. The maximum Gasteiger partial charge on any atom is 0.224 e. The van der Waals surface area contributed by atoms with E-state index in [2.05, 4.69) is 10.6 Å². The molecule has 4 nitrogen and oxygen atoms in total. The van der Waals surface area contributed by atoms with Gasteiger partial charge in [-0.1, -0.05) is 18.2 Å². The molecule has 1 atom stereocenters. The van der Waals surface area contributed by atoms with Crippen molar-refractivity contribution < 1.29 is 13.9 Å². The molecule has 0 aliphatic carbocycles. The van der Waals surface area contributed by atoms with Gasteiger partial charge in [-0.15, -0.1) is 0 Å². The molecule has 1 fully saturated rings. The third-order valence-corrected chi connectivity index (χ3v) is 4.13. The maximum atomic E-state index is 13.3. The van der Waals surface area contributed by atoms with Crippen molar-refractivity contribution in [1.82, 2.24) is 5.32 Å². The van der Waals surface area contributed by atoms with E-state index in [4.69, 9.17) is 4.74 Å². The molecule has 0 aromatic heterocycles. The van der Waals surface area contributed by atoms with Gasteiger partial charge in [-0.3, -0.25) is 4.79 Å². The summed E-state index contributed by atoms with van der Waals surface area (Å²) in [6.07, 6.45) is 2.50. The fourth-order valence-electron chi connectivity index (χ4n) is 2.83. The molecule has 1 amide bonds. The number of amides is 1. The lowest BCUT2D eigenvalue weighted by molar-refractivity contribution is -0.116. The Morgan fingerprint density at radius 2 is 2.12 bits per heavy atom.